The fourth-order valence-corrected chi connectivity index (χ4v) is 2.24. The molecule has 0 bridgehead atoms. The van der Waals surface area contributed by atoms with Gasteiger partial charge >= 0.3 is 0 Å². The van der Waals surface area contributed by atoms with Crippen molar-refractivity contribution in [1.82, 2.24) is 0 Å². The van der Waals surface area contributed by atoms with Gasteiger partial charge in [0.2, 0.25) is 11.8 Å². The first-order valence-electron chi connectivity index (χ1n) is 9.15. The van der Waals surface area contributed by atoms with Gasteiger partial charge in [-0.2, -0.15) is 0 Å². The maximum Gasteiger partial charge on any atom is 0.243 e. The van der Waals surface area contributed by atoms with Crippen molar-refractivity contribution in [3.63, 3.8) is 0 Å². The van der Waals surface area contributed by atoms with Crippen molar-refractivity contribution in [2.24, 2.45) is 5.92 Å². The summed E-state index contributed by atoms with van der Waals surface area (Å²) in [4.78, 5) is 23.9. The molecule has 6 heteroatoms. The summed E-state index contributed by atoms with van der Waals surface area (Å²) in [6.07, 6.45) is 0.961. The van der Waals surface area contributed by atoms with Gasteiger partial charge in [-0.25, -0.2) is 0 Å². The molecule has 0 aliphatic carbocycles. The minimum absolute atomic E-state index is 0.0634. The zero-order valence-corrected chi connectivity index (χ0v) is 16.0. The van der Waals surface area contributed by atoms with Gasteiger partial charge in [-0.05, 0) is 48.9 Å². The third kappa shape index (κ3) is 7.01. The van der Waals surface area contributed by atoms with E-state index in [1.807, 2.05) is 38.1 Å². The Balaban J connectivity index is 1.84. The molecule has 0 fully saturated rings. The van der Waals surface area contributed by atoms with E-state index in [4.69, 9.17) is 4.74 Å². The number of carbonyl (C=O) groups excluding carboxylic acids is 2. The molecule has 0 saturated heterocycles. The van der Waals surface area contributed by atoms with Crippen LogP contribution < -0.4 is 20.7 Å². The third-order valence-electron chi connectivity index (χ3n) is 3.72. The van der Waals surface area contributed by atoms with Crippen molar-refractivity contribution >= 4 is 28.9 Å². The van der Waals surface area contributed by atoms with Gasteiger partial charge in [0.1, 0.15) is 5.75 Å². The molecule has 27 heavy (non-hydrogen) atoms. The fraction of sp³-hybridized carbons (Fsp3) is 0.333. The average molecular weight is 369 g/mol. The van der Waals surface area contributed by atoms with E-state index < -0.39 is 0 Å². The molecule has 0 atom stereocenters. The molecule has 3 N–H and O–H groups in total. The largest absolute Gasteiger partial charge is 0.494 e. The van der Waals surface area contributed by atoms with Crippen molar-refractivity contribution < 1.29 is 14.3 Å². The van der Waals surface area contributed by atoms with Crippen LogP contribution in [0.15, 0.2) is 48.5 Å². The first-order valence-corrected chi connectivity index (χ1v) is 9.15. The van der Waals surface area contributed by atoms with E-state index in [1.165, 1.54) is 0 Å². The Labute approximate surface area is 160 Å². The molecule has 2 rings (SSSR count). The van der Waals surface area contributed by atoms with Crippen molar-refractivity contribution in [3.05, 3.63) is 48.5 Å². The molecule has 0 aromatic heterocycles. The molecule has 2 aromatic carbocycles. The molecule has 2 amide bonds. The van der Waals surface area contributed by atoms with Crippen molar-refractivity contribution in [3.8, 4) is 5.75 Å². The Morgan fingerprint density at radius 3 is 2.26 bits per heavy atom. The number of hydrogen-bond donors (Lipinski definition) is 3. The van der Waals surface area contributed by atoms with E-state index in [0.717, 1.165) is 17.9 Å². The second-order valence-corrected chi connectivity index (χ2v) is 6.50. The van der Waals surface area contributed by atoms with Crippen LogP contribution in [0.2, 0.25) is 0 Å². The van der Waals surface area contributed by atoms with E-state index in [1.54, 1.807) is 24.3 Å². The number of ether oxygens (including phenoxy) is 1. The highest BCUT2D eigenvalue weighted by Crippen LogP contribution is 2.17. The van der Waals surface area contributed by atoms with Crippen molar-refractivity contribution in [1.29, 1.82) is 0 Å². The molecule has 2 aromatic rings. The fourth-order valence-electron chi connectivity index (χ4n) is 2.24. The number of amides is 2. The van der Waals surface area contributed by atoms with Crippen LogP contribution in [0, 0.1) is 5.92 Å². The highest BCUT2D eigenvalue weighted by Gasteiger charge is 2.08. The summed E-state index contributed by atoms with van der Waals surface area (Å²) in [5.41, 5.74) is 2.13. The normalized spacial score (nSPS) is 10.4. The van der Waals surface area contributed by atoms with Gasteiger partial charge in [-0.3, -0.25) is 9.59 Å². The number of benzene rings is 2. The number of hydrogen-bond acceptors (Lipinski definition) is 4. The van der Waals surface area contributed by atoms with Gasteiger partial charge in [0.25, 0.3) is 0 Å². The smallest absolute Gasteiger partial charge is 0.243 e. The average Bonchev–Trinajstić information content (AvgIpc) is 2.65. The highest BCUT2D eigenvalue weighted by atomic mass is 16.5. The number of nitrogens with one attached hydrogen (secondary N) is 3. The Kier molecular flexibility index (Phi) is 7.67. The van der Waals surface area contributed by atoms with Gasteiger partial charge in [0, 0.05) is 23.0 Å². The van der Waals surface area contributed by atoms with Crippen molar-refractivity contribution in [2.45, 2.75) is 27.2 Å². The zero-order valence-electron chi connectivity index (χ0n) is 16.0. The van der Waals surface area contributed by atoms with Gasteiger partial charge in [0.05, 0.1) is 13.2 Å². The summed E-state index contributed by atoms with van der Waals surface area (Å²) in [5, 5.41) is 8.70. The molecule has 0 aliphatic rings. The van der Waals surface area contributed by atoms with Crippen LogP contribution in [-0.4, -0.2) is 25.0 Å². The van der Waals surface area contributed by atoms with Crippen LogP contribution in [0.1, 0.15) is 27.2 Å². The van der Waals surface area contributed by atoms with Gasteiger partial charge in [-0.1, -0.05) is 26.8 Å². The quantitative estimate of drug-likeness (QED) is 0.621. The summed E-state index contributed by atoms with van der Waals surface area (Å²) >= 11 is 0. The highest BCUT2D eigenvalue weighted by molar-refractivity contribution is 5.96. The molecule has 0 spiro atoms. The second kappa shape index (κ2) is 10.2. The number of rotatable bonds is 9. The topological polar surface area (TPSA) is 79.5 Å². The summed E-state index contributed by atoms with van der Waals surface area (Å²) < 4.78 is 5.53. The maximum absolute atomic E-state index is 12.2. The van der Waals surface area contributed by atoms with E-state index in [2.05, 4.69) is 22.9 Å². The Morgan fingerprint density at radius 1 is 0.963 bits per heavy atom. The third-order valence-corrected chi connectivity index (χ3v) is 3.72. The summed E-state index contributed by atoms with van der Waals surface area (Å²) in [6.45, 7) is 6.54. The van der Waals surface area contributed by atoms with Crippen LogP contribution in [0.25, 0.3) is 0 Å². The Morgan fingerprint density at radius 2 is 1.63 bits per heavy atom. The Hall–Kier alpha value is -3.02. The molecule has 0 aliphatic heterocycles. The van der Waals surface area contributed by atoms with E-state index >= 15 is 0 Å². The summed E-state index contributed by atoms with van der Waals surface area (Å²) in [7, 11) is 0. The lowest BCUT2D eigenvalue weighted by atomic mass is 10.2. The van der Waals surface area contributed by atoms with Crippen LogP contribution in [0.5, 0.6) is 5.75 Å². The zero-order chi connectivity index (χ0) is 19.6. The SMILES string of the molecule is CCCOc1ccc(NCC(=O)Nc2cccc(NC(=O)C(C)C)c2)cc1. The predicted molar refractivity (Wildman–Crippen MR) is 109 cm³/mol. The molecule has 6 nitrogen and oxygen atoms in total. The first-order chi connectivity index (χ1) is 13.0. The molecule has 0 unspecified atom stereocenters. The minimum atomic E-state index is -0.173. The first kappa shape index (κ1) is 20.3. The van der Waals surface area contributed by atoms with E-state index in [0.29, 0.717) is 18.0 Å². The number of anilines is 3. The minimum Gasteiger partial charge on any atom is -0.494 e. The van der Waals surface area contributed by atoms with E-state index in [9.17, 15) is 9.59 Å². The molecule has 0 heterocycles. The Bertz CT molecular complexity index is 758. The van der Waals surface area contributed by atoms with Crippen LogP contribution >= 0.6 is 0 Å². The summed E-state index contributed by atoms with van der Waals surface area (Å²) in [5.74, 6) is 0.471. The van der Waals surface area contributed by atoms with Crippen LogP contribution in [0.4, 0.5) is 17.1 Å². The molecular formula is C21H27N3O3. The van der Waals surface area contributed by atoms with Gasteiger partial charge < -0.3 is 20.7 Å². The molecule has 0 saturated carbocycles. The number of carbonyl (C=O) groups is 2. The monoisotopic (exact) mass is 369 g/mol. The maximum atomic E-state index is 12.2. The summed E-state index contributed by atoms with van der Waals surface area (Å²) in [6, 6.07) is 14.6. The molecular weight excluding hydrogens is 342 g/mol. The van der Waals surface area contributed by atoms with Crippen molar-refractivity contribution in [2.75, 3.05) is 29.1 Å². The lowest BCUT2D eigenvalue weighted by Crippen LogP contribution is -2.22. The van der Waals surface area contributed by atoms with Gasteiger partial charge in [0.15, 0.2) is 0 Å². The van der Waals surface area contributed by atoms with E-state index in [-0.39, 0.29) is 24.3 Å². The second-order valence-electron chi connectivity index (χ2n) is 6.50. The van der Waals surface area contributed by atoms with Crippen LogP contribution in [0.3, 0.4) is 0 Å². The predicted octanol–water partition coefficient (Wildman–Crippen LogP) is 4.12. The lowest BCUT2D eigenvalue weighted by molar-refractivity contribution is -0.119. The van der Waals surface area contributed by atoms with Gasteiger partial charge in [-0.15, -0.1) is 0 Å². The molecule has 0 radical (unpaired) electrons. The molecule has 144 valence electrons. The lowest BCUT2D eigenvalue weighted by Gasteiger charge is -2.11. The van der Waals surface area contributed by atoms with Crippen LogP contribution in [-0.2, 0) is 9.59 Å². The standard InChI is InChI=1S/C21H27N3O3/c1-4-12-27-19-10-8-16(9-11-19)22-14-20(25)23-17-6-5-7-18(13-17)24-21(26)15(2)3/h5-11,13,15,22H,4,12,14H2,1-3H3,(H,23,25)(H,24,26).